The van der Waals surface area contributed by atoms with Crippen LogP contribution in [0.2, 0.25) is 51.4 Å². The molecule has 8 nitrogen and oxygen atoms in total. The van der Waals surface area contributed by atoms with Crippen molar-refractivity contribution >= 4 is 28.3 Å². The molecular weight excluding hydrogens is 578 g/mol. The third kappa shape index (κ3) is 11.2. The molecule has 42 heavy (non-hydrogen) atoms. The molecule has 0 bridgehead atoms. The van der Waals surface area contributed by atoms with E-state index >= 15 is 0 Å². The van der Waals surface area contributed by atoms with E-state index in [4.69, 9.17) is 9.47 Å². The molecule has 3 aromatic heterocycles. The molecule has 0 fully saturated rings. The zero-order valence-electron chi connectivity index (χ0n) is 25.9. The second kappa shape index (κ2) is 14.7. The van der Waals surface area contributed by atoms with Gasteiger partial charge in [0.15, 0.2) is 11.5 Å². The van der Waals surface area contributed by atoms with Crippen LogP contribution >= 0.6 is 0 Å². The lowest BCUT2D eigenvalue weighted by Gasteiger charge is -2.16. The molecule has 232 valence electrons. The van der Waals surface area contributed by atoms with Gasteiger partial charge >= 0.3 is 6.18 Å². The SMILES string of the molecule is CCNCc1cncc(C=Cc2cn(COCC[Si](C)(C)C)nc2-c2nc(C(F)(F)F)cn2COCC[Si](C)(C)C)c1. The van der Waals surface area contributed by atoms with Crippen LogP contribution in [0.25, 0.3) is 23.7 Å². The number of imidazole rings is 1. The highest BCUT2D eigenvalue weighted by molar-refractivity contribution is 6.76. The van der Waals surface area contributed by atoms with Crippen molar-refractivity contribution in [1.29, 1.82) is 0 Å². The van der Waals surface area contributed by atoms with Gasteiger partial charge in [-0.3, -0.25) is 4.98 Å². The van der Waals surface area contributed by atoms with Crippen molar-refractivity contribution in [2.24, 2.45) is 0 Å². The van der Waals surface area contributed by atoms with E-state index in [2.05, 4.69) is 59.7 Å². The van der Waals surface area contributed by atoms with Gasteiger partial charge < -0.3 is 19.4 Å². The first-order valence-electron chi connectivity index (χ1n) is 14.3. The maximum atomic E-state index is 13.8. The minimum Gasteiger partial charge on any atom is -0.361 e. The molecule has 0 amide bonds. The van der Waals surface area contributed by atoms with Gasteiger partial charge in [-0.05, 0) is 35.8 Å². The Hall–Kier alpha value is -2.59. The van der Waals surface area contributed by atoms with E-state index < -0.39 is 28.0 Å². The second-order valence-corrected chi connectivity index (χ2v) is 24.1. The fraction of sp³-hybridized carbons (Fsp3) is 0.552. The summed E-state index contributed by atoms with van der Waals surface area (Å²) in [5.41, 5.74) is 1.85. The number of pyridine rings is 1. The zero-order chi connectivity index (χ0) is 31.0. The average Bonchev–Trinajstić information content (AvgIpc) is 3.50. The molecule has 0 aliphatic rings. The lowest BCUT2D eigenvalue weighted by Crippen LogP contribution is -2.22. The number of halogens is 3. The fourth-order valence-corrected chi connectivity index (χ4v) is 5.38. The Balaban J connectivity index is 1.95. The lowest BCUT2D eigenvalue weighted by molar-refractivity contribution is -0.141. The van der Waals surface area contributed by atoms with Crippen LogP contribution < -0.4 is 5.32 Å². The van der Waals surface area contributed by atoms with Crippen LogP contribution in [0.15, 0.2) is 30.9 Å². The molecular formula is C29H45F3N6O2Si2. The van der Waals surface area contributed by atoms with Crippen LogP contribution in [0.1, 0.15) is 29.3 Å². The number of hydrogen-bond acceptors (Lipinski definition) is 6. The quantitative estimate of drug-likeness (QED) is 0.136. The summed E-state index contributed by atoms with van der Waals surface area (Å²) in [5.74, 6) is 0.0925. The van der Waals surface area contributed by atoms with Crippen LogP contribution in [0, 0.1) is 0 Å². The van der Waals surface area contributed by atoms with Gasteiger partial charge in [0.2, 0.25) is 0 Å². The summed E-state index contributed by atoms with van der Waals surface area (Å²) >= 11 is 0. The standard InChI is InChI=1S/C29H45F3N6O2Si2/c1-8-33-17-24-15-23(16-34-18-24)9-10-25-19-38(22-40-12-14-42(5,6)7)36-27(25)28-35-26(29(30,31)32)20-37(28)21-39-11-13-41(2,3)4/h9-10,15-16,18-20,33H,8,11-14,17,21-22H2,1-7H3. The van der Waals surface area contributed by atoms with Crippen LogP contribution in [-0.2, 0) is 35.7 Å². The van der Waals surface area contributed by atoms with Crippen molar-refractivity contribution in [3.05, 3.63) is 53.2 Å². The topological polar surface area (TPSA) is 79.0 Å². The number of rotatable bonds is 16. The Morgan fingerprint density at radius 2 is 1.60 bits per heavy atom. The summed E-state index contributed by atoms with van der Waals surface area (Å²) in [6.45, 7) is 18.3. The molecule has 0 aliphatic carbocycles. The van der Waals surface area contributed by atoms with Crippen LogP contribution in [0.5, 0.6) is 0 Å². The highest BCUT2D eigenvalue weighted by atomic mass is 28.3. The zero-order valence-corrected chi connectivity index (χ0v) is 27.9. The van der Waals surface area contributed by atoms with Crippen molar-refractivity contribution in [3.8, 4) is 11.5 Å². The summed E-state index contributed by atoms with van der Waals surface area (Å²) in [6, 6.07) is 3.92. The van der Waals surface area contributed by atoms with Crippen molar-refractivity contribution < 1.29 is 22.6 Å². The van der Waals surface area contributed by atoms with Gasteiger partial charge in [-0.15, -0.1) is 0 Å². The Kier molecular flexibility index (Phi) is 11.9. The third-order valence-electron chi connectivity index (χ3n) is 6.37. The summed E-state index contributed by atoms with van der Waals surface area (Å²) in [6.07, 6.45) is 5.41. The molecule has 0 unspecified atom stereocenters. The fourth-order valence-electron chi connectivity index (χ4n) is 3.87. The summed E-state index contributed by atoms with van der Waals surface area (Å²) < 4.78 is 56.0. The van der Waals surface area contributed by atoms with Crippen LogP contribution in [0.3, 0.4) is 0 Å². The molecule has 0 aliphatic heterocycles. The maximum Gasteiger partial charge on any atom is 0.434 e. The largest absolute Gasteiger partial charge is 0.434 e. The van der Waals surface area contributed by atoms with Gasteiger partial charge in [0, 0.05) is 66.3 Å². The Morgan fingerprint density at radius 1 is 0.929 bits per heavy atom. The predicted molar refractivity (Wildman–Crippen MR) is 167 cm³/mol. The first kappa shape index (κ1) is 33.9. The molecule has 0 radical (unpaired) electrons. The van der Waals surface area contributed by atoms with E-state index in [-0.39, 0.29) is 19.3 Å². The number of ether oxygens (including phenoxy) is 2. The monoisotopic (exact) mass is 622 g/mol. The Labute approximate surface area is 249 Å². The van der Waals surface area contributed by atoms with Crippen molar-refractivity contribution in [1.82, 2.24) is 29.6 Å². The third-order valence-corrected chi connectivity index (χ3v) is 9.77. The normalized spacial score (nSPS) is 13.0. The van der Waals surface area contributed by atoms with Crippen molar-refractivity contribution in [2.45, 2.75) is 84.5 Å². The van der Waals surface area contributed by atoms with E-state index in [1.165, 1.54) is 4.57 Å². The first-order valence-corrected chi connectivity index (χ1v) is 21.8. The number of nitrogens with zero attached hydrogens (tertiary/aromatic N) is 5. The van der Waals surface area contributed by atoms with Crippen LogP contribution in [-0.4, -0.2) is 60.2 Å². The molecule has 0 atom stereocenters. The van der Waals surface area contributed by atoms with Gasteiger partial charge in [0.25, 0.3) is 0 Å². The maximum absolute atomic E-state index is 13.8. The number of aromatic nitrogens is 5. The van der Waals surface area contributed by atoms with E-state index in [0.29, 0.717) is 31.0 Å². The summed E-state index contributed by atoms with van der Waals surface area (Å²) in [7, 11) is -2.64. The van der Waals surface area contributed by atoms with Gasteiger partial charge in [-0.2, -0.15) is 18.3 Å². The van der Waals surface area contributed by atoms with E-state index in [9.17, 15) is 13.2 Å². The smallest absolute Gasteiger partial charge is 0.361 e. The minimum atomic E-state index is -4.60. The first-order chi connectivity index (χ1) is 19.6. The van der Waals surface area contributed by atoms with E-state index in [0.717, 1.165) is 36.0 Å². The molecule has 3 heterocycles. The Morgan fingerprint density at radius 3 is 2.21 bits per heavy atom. The van der Waals surface area contributed by atoms with Gasteiger partial charge in [0.1, 0.15) is 19.2 Å². The van der Waals surface area contributed by atoms with E-state index in [1.807, 2.05) is 25.1 Å². The molecule has 0 saturated heterocycles. The molecule has 13 heteroatoms. The highest BCUT2D eigenvalue weighted by Gasteiger charge is 2.35. The van der Waals surface area contributed by atoms with Crippen molar-refractivity contribution in [2.75, 3.05) is 19.8 Å². The minimum absolute atomic E-state index is 0.0536. The molecule has 3 rings (SSSR count). The molecule has 0 saturated carbocycles. The van der Waals surface area contributed by atoms with Crippen LogP contribution in [0.4, 0.5) is 13.2 Å². The summed E-state index contributed by atoms with van der Waals surface area (Å²) in [4.78, 5) is 8.31. The molecule has 0 aromatic carbocycles. The second-order valence-electron chi connectivity index (χ2n) is 12.8. The molecule has 1 N–H and O–H groups in total. The lowest BCUT2D eigenvalue weighted by atomic mass is 10.1. The van der Waals surface area contributed by atoms with Gasteiger partial charge in [-0.25, -0.2) is 9.67 Å². The number of alkyl halides is 3. The highest BCUT2D eigenvalue weighted by Crippen LogP contribution is 2.32. The van der Waals surface area contributed by atoms with Crippen molar-refractivity contribution in [3.63, 3.8) is 0 Å². The molecule has 0 spiro atoms. The van der Waals surface area contributed by atoms with Gasteiger partial charge in [0.05, 0.1) is 0 Å². The average molecular weight is 623 g/mol. The Bertz CT molecular complexity index is 1310. The number of nitrogens with one attached hydrogen (secondary N) is 1. The number of hydrogen-bond donors (Lipinski definition) is 1. The van der Waals surface area contributed by atoms with E-state index in [1.54, 1.807) is 23.3 Å². The summed E-state index contributed by atoms with van der Waals surface area (Å²) in [5, 5.41) is 7.92. The molecule has 3 aromatic rings. The predicted octanol–water partition coefficient (Wildman–Crippen LogP) is 7.06. The van der Waals surface area contributed by atoms with Gasteiger partial charge in [-0.1, -0.05) is 58.4 Å².